The van der Waals surface area contributed by atoms with Crippen molar-refractivity contribution in [2.45, 2.75) is 25.8 Å². The third-order valence-electron chi connectivity index (χ3n) is 5.65. The van der Waals surface area contributed by atoms with Crippen LogP contribution in [0.5, 0.6) is 11.5 Å². The minimum Gasteiger partial charge on any atom is -0.457 e. The molecule has 9 heteroatoms. The average molecular weight is 434 g/mol. The highest BCUT2D eigenvalue weighted by Gasteiger charge is 2.28. The first-order valence-electron chi connectivity index (χ1n) is 10.2. The number of hydrogen-bond acceptors (Lipinski definition) is 6. The number of benzene rings is 2. The number of carbonyl (C=O) groups excluding carboxylic acids is 1. The van der Waals surface area contributed by atoms with E-state index in [2.05, 4.69) is 11.3 Å². The molecule has 1 amide bonds. The normalized spacial score (nSPS) is 15.9. The van der Waals surface area contributed by atoms with Crippen LogP contribution >= 0.6 is 0 Å². The van der Waals surface area contributed by atoms with Crippen molar-refractivity contribution in [1.82, 2.24) is 14.7 Å². The van der Waals surface area contributed by atoms with Gasteiger partial charge in [-0.1, -0.05) is 6.07 Å². The van der Waals surface area contributed by atoms with Crippen LogP contribution in [0.1, 0.15) is 34.8 Å². The van der Waals surface area contributed by atoms with Gasteiger partial charge in [0.25, 0.3) is 5.91 Å². The van der Waals surface area contributed by atoms with Crippen molar-refractivity contribution in [2.75, 3.05) is 18.8 Å². The number of rotatable bonds is 5. The summed E-state index contributed by atoms with van der Waals surface area (Å²) in [5.41, 5.74) is 13.5. The number of nitriles is 1. The fraction of sp³-hybridized carbons (Fsp3) is 0.261. The lowest BCUT2D eigenvalue weighted by Crippen LogP contribution is -2.34. The van der Waals surface area contributed by atoms with Crippen LogP contribution in [0.3, 0.4) is 0 Å². The second-order valence-electron chi connectivity index (χ2n) is 7.75. The number of nitrogens with zero attached hydrogens (tertiary/aromatic N) is 4. The van der Waals surface area contributed by atoms with Gasteiger partial charge < -0.3 is 21.1 Å². The zero-order valence-corrected chi connectivity index (χ0v) is 17.6. The summed E-state index contributed by atoms with van der Waals surface area (Å²) in [4.78, 5) is 13.8. The largest absolute Gasteiger partial charge is 0.457 e. The lowest BCUT2D eigenvalue weighted by molar-refractivity contribution is 0.100. The minimum atomic E-state index is -0.674. The predicted molar refractivity (Wildman–Crippen MR) is 117 cm³/mol. The Morgan fingerprint density at radius 2 is 2.03 bits per heavy atom. The van der Waals surface area contributed by atoms with Crippen LogP contribution in [0, 0.1) is 24.2 Å². The molecule has 3 aromatic rings. The van der Waals surface area contributed by atoms with Crippen LogP contribution in [0.15, 0.2) is 42.5 Å². The quantitative estimate of drug-likeness (QED) is 0.592. The number of carbonyl (C=O) groups is 1. The number of nitrogens with two attached hydrogens (primary N) is 2. The molecule has 1 aromatic heterocycles. The zero-order chi connectivity index (χ0) is 22.8. The number of halogens is 1. The Bertz CT molecular complexity index is 1200. The molecular formula is C23H23FN6O2. The van der Waals surface area contributed by atoms with Crippen molar-refractivity contribution in [3.05, 3.63) is 59.4 Å². The van der Waals surface area contributed by atoms with Crippen LogP contribution in [-0.2, 0) is 0 Å². The Morgan fingerprint density at radius 1 is 1.28 bits per heavy atom. The molecule has 0 radical (unpaired) electrons. The van der Waals surface area contributed by atoms with Crippen molar-refractivity contribution in [2.24, 2.45) is 5.73 Å². The Labute approximate surface area is 184 Å². The SMILES string of the molecule is Cc1c(F)cccc1Oc1ccc(-c2nn(C3CCCN(C#N)C3)c(N)c2C(N)=O)cc1. The monoisotopic (exact) mass is 434 g/mol. The van der Waals surface area contributed by atoms with Crippen LogP contribution in [0.2, 0.25) is 0 Å². The molecule has 0 bridgehead atoms. The molecule has 1 aliphatic rings. The van der Waals surface area contributed by atoms with Crippen molar-refractivity contribution in [3.8, 4) is 28.9 Å². The molecule has 4 rings (SSSR count). The van der Waals surface area contributed by atoms with Crippen molar-refractivity contribution in [1.29, 1.82) is 5.26 Å². The van der Waals surface area contributed by atoms with Gasteiger partial charge in [0.1, 0.15) is 34.4 Å². The Morgan fingerprint density at radius 3 is 2.72 bits per heavy atom. The molecule has 8 nitrogen and oxygen atoms in total. The highest BCUT2D eigenvalue weighted by molar-refractivity contribution is 6.03. The summed E-state index contributed by atoms with van der Waals surface area (Å²) in [7, 11) is 0. The standard InChI is InChI=1S/C23H23FN6O2/c1-14-18(24)5-2-6-19(14)32-17-9-7-15(8-10-17)21-20(23(27)31)22(26)30(28-21)16-4-3-11-29(12-16)13-25/h2,5-10,16H,3-4,11-12,26H2,1H3,(H2,27,31). The first kappa shape index (κ1) is 21.2. The van der Waals surface area contributed by atoms with E-state index in [4.69, 9.17) is 16.2 Å². The molecule has 32 heavy (non-hydrogen) atoms. The molecule has 1 atom stereocenters. The first-order chi connectivity index (χ1) is 15.4. The highest BCUT2D eigenvalue weighted by atomic mass is 19.1. The maximum atomic E-state index is 13.8. The summed E-state index contributed by atoms with van der Waals surface area (Å²) in [5, 5.41) is 13.8. The van der Waals surface area contributed by atoms with E-state index in [1.807, 2.05) is 0 Å². The second kappa shape index (κ2) is 8.59. The zero-order valence-electron chi connectivity index (χ0n) is 17.6. The number of nitrogen functional groups attached to an aromatic ring is 1. The van der Waals surface area contributed by atoms with Gasteiger partial charge in [0.05, 0.1) is 12.6 Å². The van der Waals surface area contributed by atoms with Crippen LogP contribution in [0.25, 0.3) is 11.3 Å². The Hall–Kier alpha value is -4.06. The van der Waals surface area contributed by atoms with E-state index in [0.717, 1.165) is 12.8 Å². The van der Waals surface area contributed by atoms with E-state index in [-0.39, 0.29) is 23.2 Å². The number of aromatic nitrogens is 2. The van der Waals surface area contributed by atoms with Gasteiger partial charge in [-0.2, -0.15) is 10.4 Å². The fourth-order valence-electron chi connectivity index (χ4n) is 3.92. The summed E-state index contributed by atoms with van der Waals surface area (Å²) in [6, 6.07) is 11.4. The van der Waals surface area contributed by atoms with Crippen molar-refractivity contribution in [3.63, 3.8) is 0 Å². The molecule has 4 N–H and O–H groups in total. The van der Waals surface area contributed by atoms with Crippen molar-refractivity contribution < 1.29 is 13.9 Å². The number of ether oxygens (including phenoxy) is 1. The molecule has 0 saturated carbocycles. The summed E-state index contributed by atoms with van der Waals surface area (Å²) >= 11 is 0. The molecular weight excluding hydrogens is 411 g/mol. The number of likely N-dealkylation sites (tertiary alicyclic amines) is 1. The fourth-order valence-corrected chi connectivity index (χ4v) is 3.92. The van der Waals surface area contributed by atoms with Gasteiger partial charge in [-0.3, -0.25) is 4.79 Å². The van der Waals surface area contributed by atoms with Gasteiger partial charge >= 0.3 is 0 Å². The maximum absolute atomic E-state index is 13.8. The van der Waals surface area contributed by atoms with E-state index in [1.54, 1.807) is 52.9 Å². The molecule has 2 heterocycles. The smallest absolute Gasteiger partial charge is 0.254 e. The third-order valence-corrected chi connectivity index (χ3v) is 5.65. The number of piperidine rings is 1. The molecule has 1 aliphatic heterocycles. The first-order valence-corrected chi connectivity index (χ1v) is 10.2. The van der Waals surface area contributed by atoms with Crippen LogP contribution in [-0.4, -0.2) is 33.7 Å². The number of hydrogen-bond donors (Lipinski definition) is 2. The molecule has 1 unspecified atom stereocenters. The summed E-state index contributed by atoms with van der Waals surface area (Å²) in [6.07, 6.45) is 3.77. The van der Waals surface area contributed by atoms with Gasteiger partial charge in [-0.15, -0.1) is 0 Å². The van der Waals surface area contributed by atoms with Gasteiger partial charge in [0.15, 0.2) is 6.19 Å². The van der Waals surface area contributed by atoms with Crippen LogP contribution < -0.4 is 16.2 Å². The molecule has 1 fully saturated rings. The lowest BCUT2D eigenvalue weighted by Gasteiger charge is -2.29. The van der Waals surface area contributed by atoms with E-state index in [9.17, 15) is 14.4 Å². The second-order valence-corrected chi connectivity index (χ2v) is 7.75. The van der Waals surface area contributed by atoms with E-state index in [1.165, 1.54) is 6.07 Å². The number of primary amides is 1. The van der Waals surface area contributed by atoms with Crippen molar-refractivity contribution >= 4 is 11.7 Å². The Balaban J connectivity index is 1.65. The molecule has 0 aliphatic carbocycles. The molecule has 0 spiro atoms. The number of amides is 1. The van der Waals surface area contributed by atoms with E-state index < -0.39 is 5.91 Å². The third kappa shape index (κ3) is 3.95. The minimum absolute atomic E-state index is 0.131. The van der Waals surface area contributed by atoms with Crippen LogP contribution in [0.4, 0.5) is 10.2 Å². The van der Waals surface area contributed by atoms with Gasteiger partial charge in [0, 0.05) is 17.7 Å². The predicted octanol–water partition coefficient (Wildman–Crippen LogP) is 3.59. The molecule has 1 saturated heterocycles. The van der Waals surface area contributed by atoms with Gasteiger partial charge in [0.2, 0.25) is 0 Å². The summed E-state index contributed by atoms with van der Waals surface area (Å²) in [6.45, 7) is 2.81. The van der Waals surface area contributed by atoms with Gasteiger partial charge in [-0.25, -0.2) is 9.07 Å². The maximum Gasteiger partial charge on any atom is 0.254 e. The van der Waals surface area contributed by atoms with E-state index >= 15 is 0 Å². The Kier molecular flexibility index (Phi) is 5.69. The molecule has 164 valence electrons. The van der Waals surface area contributed by atoms with E-state index in [0.29, 0.717) is 41.4 Å². The average Bonchev–Trinajstić information content (AvgIpc) is 3.15. The number of anilines is 1. The summed E-state index contributed by atoms with van der Waals surface area (Å²) in [5.74, 6) is 0.0974. The summed E-state index contributed by atoms with van der Waals surface area (Å²) < 4.78 is 21.1. The van der Waals surface area contributed by atoms with Gasteiger partial charge in [-0.05, 0) is 56.2 Å². The highest BCUT2D eigenvalue weighted by Crippen LogP contribution is 2.33. The molecule has 2 aromatic carbocycles. The lowest BCUT2D eigenvalue weighted by atomic mass is 10.1. The topological polar surface area (TPSA) is 123 Å².